The number of carboxylic acid groups (broad SMARTS) is 1. The molecule has 6 heteroatoms. The van der Waals surface area contributed by atoms with Crippen molar-refractivity contribution in [2.75, 3.05) is 7.05 Å². The van der Waals surface area contributed by atoms with Crippen molar-refractivity contribution >= 4 is 11.9 Å². The van der Waals surface area contributed by atoms with E-state index in [9.17, 15) is 9.59 Å². The van der Waals surface area contributed by atoms with Crippen molar-refractivity contribution in [1.82, 2.24) is 9.88 Å². The van der Waals surface area contributed by atoms with Gasteiger partial charge < -0.3 is 14.7 Å². The lowest BCUT2D eigenvalue weighted by atomic mass is 10.2. The maximum absolute atomic E-state index is 12.2. The number of aliphatic carboxylic acids is 1. The lowest BCUT2D eigenvalue weighted by molar-refractivity contribution is -0.141. The number of rotatable bonds is 6. The molecule has 1 heterocycles. The summed E-state index contributed by atoms with van der Waals surface area (Å²) in [7, 11) is 1.46. The predicted molar refractivity (Wildman–Crippen MR) is 73.8 cm³/mol. The molecule has 6 nitrogen and oxygen atoms in total. The number of aromatic nitrogens is 1. The lowest BCUT2D eigenvalue weighted by Crippen LogP contribution is -2.40. The highest BCUT2D eigenvalue weighted by Gasteiger charge is 2.23. The molecular formula is C14H20N2O4. The second-order valence-corrected chi connectivity index (χ2v) is 4.65. The van der Waals surface area contributed by atoms with Crippen LogP contribution in [0.3, 0.4) is 0 Å². The Bertz CT molecular complexity index is 490. The van der Waals surface area contributed by atoms with Gasteiger partial charge in [-0.15, -0.1) is 0 Å². The van der Waals surface area contributed by atoms with Crippen LogP contribution in [0, 0.1) is 0 Å². The standard InChI is InChI=1S/C14H20N2O4/c1-5-9(2)20-12-8-11(6-7-15-12)13(17)16(4)10(3)14(18)19/h6-10H,5H2,1-4H3,(H,18,19). The number of carbonyl (C=O) groups is 2. The Morgan fingerprint density at radius 3 is 2.65 bits per heavy atom. The van der Waals surface area contributed by atoms with E-state index in [1.807, 2.05) is 13.8 Å². The van der Waals surface area contributed by atoms with Crippen LogP contribution in [0.2, 0.25) is 0 Å². The van der Waals surface area contributed by atoms with E-state index in [0.29, 0.717) is 11.4 Å². The molecule has 0 aliphatic carbocycles. The Labute approximate surface area is 118 Å². The maximum Gasteiger partial charge on any atom is 0.326 e. The number of amides is 1. The first kappa shape index (κ1) is 15.9. The van der Waals surface area contributed by atoms with Gasteiger partial charge in [0.25, 0.3) is 5.91 Å². The zero-order valence-electron chi connectivity index (χ0n) is 12.2. The normalized spacial score (nSPS) is 13.4. The summed E-state index contributed by atoms with van der Waals surface area (Å²) in [6.07, 6.45) is 2.31. The number of likely N-dealkylation sites (N-methyl/N-ethyl adjacent to an activating group) is 1. The molecule has 0 spiro atoms. The molecule has 1 aromatic rings. The fourth-order valence-corrected chi connectivity index (χ4v) is 1.44. The van der Waals surface area contributed by atoms with Crippen molar-refractivity contribution in [1.29, 1.82) is 0 Å². The summed E-state index contributed by atoms with van der Waals surface area (Å²) in [5, 5.41) is 8.92. The van der Waals surface area contributed by atoms with Gasteiger partial charge in [0.2, 0.25) is 5.88 Å². The molecule has 0 radical (unpaired) electrons. The summed E-state index contributed by atoms with van der Waals surface area (Å²) in [6, 6.07) is 2.17. The summed E-state index contributed by atoms with van der Waals surface area (Å²) >= 11 is 0. The van der Waals surface area contributed by atoms with Crippen LogP contribution >= 0.6 is 0 Å². The molecule has 0 saturated carbocycles. The number of ether oxygens (including phenoxy) is 1. The van der Waals surface area contributed by atoms with Gasteiger partial charge in [-0.3, -0.25) is 4.79 Å². The topological polar surface area (TPSA) is 79.7 Å². The van der Waals surface area contributed by atoms with Crippen molar-refractivity contribution < 1.29 is 19.4 Å². The zero-order chi connectivity index (χ0) is 15.3. The molecule has 1 amide bonds. The van der Waals surface area contributed by atoms with Gasteiger partial charge in [-0.1, -0.05) is 6.92 Å². The summed E-state index contributed by atoms with van der Waals surface area (Å²) in [5.74, 6) is -1.07. The second kappa shape index (κ2) is 6.88. The molecule has 0 aromatic carbocycles. The van der Waals surface area contributed by atoms with Gasteiger partial charge in [0.1, 0.15) is 6.04 Å². The third-order valence-corrected chi connectivity index (χ3v) is 3.14. The lowest BCUT2D eigenvalue weighted by Gasteiger charge is -2.21. The number of hydrogen-bond donors (Lipinski definition) is 1. The van der Waals surface area contributed by atoms with Crippen molar-refractivity contribution in [2.24, 2.45) is 0 Å². The van der Waals surface area contributed by atoms with Crippen LogP contribution in [0.5, 0.6) is 5.88 Å². The third-order valence-electron chi connectivity index (χ3n) is 3.14. The third kappa shape index (κ3) is 3.94. The SMILES string of the molecule is CCC(C)Oc1cc(C(=O)N(C)C(C)C(=O)O)ccn1. The molecule has 0 saturated heterocycles. The summed E-state index contributed by atoms with van der Waals surface area (Å²) in [6.45, 7) is 5.36. The van der Waals surface area contributed by atoms with E-state index >= 15 is 0 Å². The Morgan fingerprint density at radius 1 is 1.45 bits per heavy atom. The Kier molecular flexibility index (Phi) is 5.49. The highest BCUT2D eigenvalue weighted by molar-refractivity contribution is 5.96. The smallest absolute Gasteiger partial charge is 0.326 e. The number of pyridine rings is 1. The molecular weight excluding hydrogens is 260 g/mol. The van der Waals surface area contributed by atoms with Crippen molar-refractivity contribution in [3.05, 3.63) is 23.9 Å². The zero-order valence-corrected chi connectivity index (χ0v) is 12.2. The maximum atomic E-state index is 12.2. The largest absolute Gasteiger partial charge is 0.480 e. The molecule has 0 bridgehead atoms. The molecule has 20 heavy (non-hydrogen) atoms. The van der Waals surface area contributed by atoms with Gasteiger partial charge in [-0.05, 0) is 26.3 Å². The Balaban J connectivity index is 2.88. The quantitative estimate of drug-likeness (QED) is 0.859. The molecule has 0 aliphatic rings. The molecule has 0 fully saturated rings. The van der Waals surface area contributed by atoms with Crippen LogP contribution in [-0.4, -0.2) is 46.1 Å². The van der Waals surface area contributed by atoms with Crippen LogP contribution in [0.25, 0.3) is 0 Å². The average Bonchev–Trinajstić information content (AvgIpc) is 2.44. The molecule has 1 aromatic heterocycles. The van der Waals surface area contributed by atoms with Crippen LogP contribution < -0.4 is 4.74 Å². The molecule has 0 aliphatic heterocycles. The van der Waals surface area contributed by atoms with Gasteiger partial charge in [-0.2, -0.15) is 0 Å². The van der Waals surface area contributed by atoms with E-state index in [1.165, 1.54) is 37.2 Å². The van der Waals surface area contributed by atoms with Gasteiger partial charge >= 0.3 is 5.97 Å². The first-order chi connectivity index (χ1) is 9.36. The first-order valence-corrected chi connectivity index (χ1v) is 6.49. The van der Waals surface area contributed by atoms with E-state index in [1.54, 1.807) is 0 Å². The van der Waals surface area contributed by atoms with Crippen molar-refractivity contribution in [2.45, 2.75) is 39.3 Å². The number of nitrogens with zero attached hydrogens (tertiary/aromatic N) is 2. The van der Waals surface area contributed by atoms with Crippen molar-refractivity contribution in [3.8, 4) is 5.88 Å². The van der Waals surface area contributed by atoms with Crippen molar-refractivity contribution in [3.63, 3.8) is 0 Å². The summed E-state index contributed by atoms with van der Waals surface area (Å²) in [5.41, 5.74) is 0.355. The predicted octanol–water partition coefficient (Wildman–Crippen LogP) is 1.80. The van der Waals surface area contributed by atoms with Gasteiger partial charge in [0, 0.05) is 24.9 Å². The molecule has 1 N–H and O–H groups in total. The monoisotopic (exact) mass is 280 g/mol. The molecule has 2 atom stereocenters. The highest BCUT2D eigenvalue weighted by Crippen LogP contribution is 2.14. The van der Waals surface area contributed by atoms with E-state index in [-0.39, 0.29) is 12.0 Å². The summed E-state index contributed by atoms with van der Waals surface area (Å²) < 4.78 is 5.54. The van der Waals surface area contributed by atoms with Gasteiger partial charge in [-0.25, -0.2) is 9.78 Å². The van der Waals surface area contributed by atoms with Crippen LogP contribution in [-0.2, 0) is 4.79 Å². The minimum absolute atomic E-state index is 0.00326. The minimum Gasteiger partial charge on any atom is -0.480 e. The van der Waals surface area contributed by atoms with E-state index in [4.69, 9.17) is 9.84 Å². The second-order valence-electron chi connectivity index (χ2n) is 4.65. The van der Waals surface area contributed by atoms with Crippen LogP contribution in [0.4, 0.5) is 0 Å². The average molecular weight is 280 g/mol. The van der Waals surface area contributed by atoms with E-state index in [2.05, 4.69) is 4.98 Å². The molecule has 1 rings (SSSR count). The Hall–Kier alpha value is -2.11. The number of hydrogen-bond acceptors (Lipinski definition) is 4. The summed E-state index contributed by atoms with van der Waals surface area (Å²) in [4.78, 5) is 28.3. The number of carboxylic acids is 1. The molecule has 110 valence electrons. The van der Waals surface area contributed by atoms with E-state index in [0.717, 1.165) is 6.42 Å². The highest BCUT2D eigenvalue weighted by atomic mass is 16.5. The van der Waals surface area contributed by atoms with E-state index < -0.39 is 12.0 Å². The van der Waals surface area contributed by atoms with Crippen LogP contribution in [0.15, 0.2) is 18.3 Å². The van der Waals surface area contributed by atoms with Gasteiger partial charge in [0.15, 0.2) is 0 Å². The number of carbonyl (C=O) groups excluding carboxylic acids is 1. The van der Waals surface area contributed by atoms with Crippen LogP contribution in [0.1, 0.15) is 37.6 Å². The van der Waals surface area contributed by atoms with Gasteiger partial charge in [0.05, 0.1) is 6.10 Å². The Morgan fingerprint density at radius 2 is 2.10 bits per heavy atom. The molecule has 2 unspecified atom stereocenters. The minimum atomic E-state index is -1.05. The fourth-order valence-electron chi connectivity index (χ4n) is 1.44. The first-order valence-electron chi connectivity index (χ1n) is 6.49. The fraction of sp³-hybridized carbons (Fsp3) is 0.500.